The van der Waals surface area contributed by atoms with Crippen molar-refractivity contribution < 1.29 is 0 Å². The average molecular weight is 181 g/mol. The molecule has 1 heterocycles. The minimum absolute atomic E-state index is 0.797. The lowest BCUT2D eigenvalue weighted by Crippen LogP contribution is -2.11. The SMILES string of the molecule is CN(C)Cc1cpn(C)c1C#N. The van der Waals surface area contributed by atoms with Crippen LogP contribution in [-0.2, 0) is 13.6 Å². The molecule has 0 spiro atoms. The maximum Gasteiger partial charge on any atom is 0.128 e. The van der Waals surface area contributed by atoms with E-state index in [-0.39, 0.29) is 0 Å². The van der Waals surface area contributed by atoms with Gasteiger partial charge >= 0.3 is 0 Å². The van der Waals surface area contributed by atoms with Crippen LogP contribution in [0.2, 0.25) is 0 Å². The predicted molar refractivity (Wildman–Crippen MR) is 50.0 cm³/mol. The van der Waals surface area contributed by atoms with Crippen LogP contribution in [0.25, 0.3) is 0 Å². The van der Waals surface area contributed by atoms with Crippen molar-refractivity contribution in [1.82, 2.24) is 9.23 Å². The van der Waals surface area contributed by atoms with Crippen molar-refractivity contribution in [2.24, 2.45) is 7.05 Å². The second kappa shape index (κ2) is 3.71. The molecule has 4 heteroatoms. The highest BCUT2D eigenvalue weighted by molar-refractivity contribution is 7.25. The van der Waals surface area contributed by atoms with E-state index in [1.807, 2.05) is 25.5 Å². The zero-order valence-corrected chi connectivity index (χ0v) is 8.47. The van der Waals surface area contributed by atoms with Gasteiger partial charge in [-0.3, -0.25) is 0 Å². The van der Waals surface area contributed by atoms with E-state index in [1.165, 1.54) is 0 Å². The number of aryl methyl sites for hydroxylation is 1. The molecule has 0 saturated heterocycles. The molecule has 12 heavy (non-hydrogen) atoms. The Morgan fingerprint density at radius 2 is 2.33 bits per heavy atom. The highest BCUT2D eigenvalue weighted by Crippen LogP contribution is 2.18. The molecule has 0 saturated carbocycles. The molecule has 1 aromatic heterocycles. The van der Waals surface area contributed by atoms with Gasteiger partial charge in [0.25, 0.3) is 0 Å². The molecule has 0 aromatic carbocycles. The van der Waals surface area contributed by atoms with Crippen LogP contribution in [0.5, 0.6) is 0 Å². The number of nitriles is 1. The van der Waals surface area contributed by atoms with Crippen molar-refractivity contribution in [3.05, 3.63) is 17.1 Å². The summed E-state index contributed by atoms with van der Waals surface area (Å²) < 4.78 is 1.94. The molecule has 0 radical (unpaired) electrons. The summed E-state index contributed by atoms with van der Waals surface area (Å²) >= 11 is 0. The molecular weight excluding hydrogens is 169 g/mol. The molecule has 0 atom stereocenters. The second-order valence-corrected chi connectivity index (χ2v) is 4.08. The third kappa shape index (κ3) is 1.85. The standard InChI is InChI=1S/C8H12N3P/c1-10(2)5-7-6-12-11(3)8(7)4-9/h6H,5H2,1-3H3. The third-order valence-corrected chi connectivity index (χ3v) is 2.58. The Morgan fingerprint density at radius 3 is 2.83 bits per heavy atom. The van der Waals surface area contributed by atoms with Gasteiger partial charge in [-0.1, -0.05) is 0 Å². The van der Waals surface area contributed by atoms with Crippen molar-refractivity contribution >= 4 is 8.35 Å². The lowest BCUT2D eigenvalue weighted by molar-refractivity contribution is 0.402. The first-order valence-electron chi connectivity index (χ1n) is 3.71. The van der Waals surface area contributed by atoms with E-state index in [9.17, 15) is 0 Å². The number of hydrogen-bond acceptors (Lipinski definition) is 2. The smallest absolute Gasteiger partial charge is 0.128 e. The molecule has 0 amide bonds. The predicted octanol–water partition coefficient (Wildman–Crippen LogP) is 1.54. The Hall–Kier alpha value is -0.840. The Labute approximate surface area is 74.4 Å². The average Bonchev–Trinajstić information content (AvgIpc) is 2.30. The van der Waals surface area contributed by atoms with Gasteiger partial charge in [0.2, 0.25) is 0 Å². The summed E-state index contributed by atoms with van der Waals surface area (Å²) in [5.41, 5.74) is 1.93. The lowest BCUT2D eigenvalue weighted by atomic mass is 10.2. The maximum absolute atomic E-state index is 8.83. The van der Waals surface area contributed by atoms with E-state index in [1.54, 1.807) is 0 Å². The Balaban J connectivity index is 2.94. The summed E-state index contributed by atoms with van der Waals surface area (Å²) in [6, 6.07) is 2.21. The highest BCUT2D eigenvalue weighted by Gasteiger charge is 2.06. The molecule has 0 aliphatic rings. The van der Waals surface area contributed by atoms with Gasteiger partial charge in [0.05, 0.1) is 0 Å². The fraction of sp³-hybridized carbons (Fsp3) is 0.500. The molecule has 0 fully saturated rings. The van der Waals surface area contributed by atoms with Crippen molar-refractivity contribution in [3.8, 4) is 6.07 Å². The summed E-state index contributed by atoms with van der Waals surface area (Å²) in [6.45, 7) is 0.847. The van der Waals surface area contributed by atoms with Gasteiger partial charge in [0.15, 0.2) is 0 Å². The maximum atomic E-state index is 8.83. The first-order chi connectivity index (χ1) is 5.65. The molecule has 1 rings (SSSR count). The largest absolute Gasteiger partial charge is 0.318 e. The third-order valence-electron chi connectivity index (χ3n) is 1.61. The number of rotatable bonds is 2. The van der Waals surface area contributed by atoms with Crippen molar-refractivity contribution in [1.29, 1.82) is 5.26 Å². The quantitative estimate of drug-likeness (QED) is 0.693. The van der Waals surface area contributed by atoms with E-state index in [4.69, 9.17) is 5.26 Å². The fourth-order valence-electron chi connectivity index (χ4n) is 1.08. The van der Waals surface area contributed by atoms with Gasteiger partial charge < -0.3 is 9.23 Å². The first-order valence-corrected chi connectivity index (χ1v) is 4.62. The summed E-state index contributed by atoms with van der Waals surface area (Å²) in [5.74, 6) is 2.08. The van der Waals surface area contributed by atoms with Crippen LogP contribution >= 0.6 is 8.35 Å². The number of nitrogens with zero attached hydrogens (tertiary/aromatic N) is 3. The summed E-state index contributed by atoms with van der Waals surface area (Å²) in [6.07, 6.45) is 0. The zero-order chi connectivity index (χ0) is 9.14. The number of hydrogen-bond donors (Lipinski definition) is 0. The summed E-state index contributed by atoms with van der Waals surface area (Å²) in [4.78, 5) is 2.07. The van der Waals surface area contributed by atoms with Gasteiger partial charge in [0.1, 0.15) is 11.8 Å². The normalized spacial score (nSPS) is 10.9. The second-order valence-electron chi connectivity index (χ2n) is 2.99. The molecular formula is C8H12N3P. The monoisotopic (exact) mass is 181 g/mol. The Kier molecular flexibility index (Phi) is 2.86. The lowest BCUT2D eigenvalue weighted by Gasteiger charge is -2.07. The van der Waals surface area contributed by atoms with Crippen LogP contribution in [0.3, 0.4) is 0 Å². The van der Waals surface area contributed by atoms with E-state index in [0.29, 0.717) is 0 Å². The van der Waals surface area contributed by atoms with Crippen molar-refractivity contribution in [2.45, 2.75) is 6.54 Å². The number of aromatic nitrogens is 1. The van der Waals surface area contributed by atoms with E-state index < -0.39 is 0 Å². The van der Waals surface area contributed by atoms with Gasteiger partial charge in [-0.15, -0.1) is 0 Å². The molecule has 0 aliphatic carbocycles. The van der Waals surface area contributed by atoms with Gasteiger partial charge in [0, 0.05) is 27.5 Å². The van der Waals surface area contributed by atoms with Crippen LogP contribution in [0.15, 0.2) is 5.80 Å². The topological polar surface area (TPSA) is 32.0 Å². The molecule has 0 bridgehead atoms. The summed E-state index contributed by atoms with van der Waals surface area (Å²) in [5, 5.41) is 8.83. The van der Waals surface area contributed by atoms with Crippen molar-refractivity contribution in [3.63, 3.8) is 0 Å². The molecule has 0 aliphatic heterocycles. The van der Waals surface area contributed by atoms with Gasteiger partial charge in [-0.2, -0.15) is 5.26 Å². The fourth-order valence-corrected chi connectivity index (χ4v) is 1.89. The molecule has 64 valence electrons. The van der Waals surface area contributed by atoms with E-state index in [0.717, 1.165) is 26.2 Å². The van der Waals surface area contributed by atoms with Gasteiger partial charge in [-0.25, -0.2) is 0 Å². The van der Waals surface area contributed by atoms with Crippen LogP contribution in [0, 0.1) is 11.3 Å². The van der Waals surface area contributed by atoms with Gasteiger partial charge in [-0.05, 0) is 19.9 Å². The Morgan fingerprint density at radius 1 is 1.67 bits per heavy atom. The molecule has 0 N–H and O–H groups in total. The highest BCUT2D eigenvalue weighted by atomic mass is 31.0. The van der Waals surface area contributed by atoms with Crippen LogP contribution in [0.1, 0.15) is 11.3 Å². The van der Waals surface area contributed by atoms with Crippen molar-refractivity contribution in [2.75, 3.05) is 14.1 Å². The minimum Gasteiger partial charge on any atom is -0.318 e. The van der Waals surface area contributed by atoms with Crippen LogP contribution in [0.4, 0.5) is 0 Å². The Bertz CT molecular complexity index is 309. The van der Waals surface area contributed by atoms with E-state index in [2.05, 4.69) is 16.8 Å². The molecule has 3 nitrogen and oxygen atoms in total. The molecule has 0 unspecified atom stereocenters. The van der Waals surface area contributed by atoms with Crippen LogP contribution in [-0.4, -0.2) is 23.3 Å². The van der Waals surface area contributed by atoms with Crippen LogP contribution < -0.4 is 0 Å². The first kappa shape index (κ1) is 9.25. The zero-order valence-electron chi connectivity index (χ0n) is 7.57. The molecule has 1 aromatic rings. The summed E-state index contributed by atoms with van der Waals surface area (Å²) in [7, 11) is 7.04. The van der Waals surface area contributed by atoms with E-state index >= 15 is 0 Å². The minimum atomic E-state index is 0.797.